The van der Waals surface area contributed by atoms with Gasteiger partial charge in [0.05, 0.1) is 12.7 Å². The van der Waals surface area contributed by atoms with E-state index in [1.165, 1.54) is 17.5 Å². The van der Waals surface area contributed by atoms with Crippen LogP contribution in [0.5, 0.6) is 0 Å². The van der Waals surface area contributed by atoms with Gasteiger partial charge in [0.15, 0.2) is 5.96 Å². The van der Waals surface area contributed by atoms with Crippen molar-refractivity contribution in [1.82, 2.24) is 20.0 Å². The molecule has 1 aliphatic rings. The Bertz CT molecular complexity index is 687. The lowest BCUT2D eigenvalue weighted by atomic mass is 9.92. The van der Waals surface area contributed by atoms with Crippen molar-refractivity contribution in [3.63, 3.8) is 0 Å². The Kier molecular flexibility index (Phi) is 7.93. The minimum atomic E-state index is 0. The van der Waals surface area contributed by atoms with E-state index in [9.17, 15) is 0 Å². The summed E-state index contributed by atoms with van der Waals surface area (Å²) in [5, 5.41) is 7.97. The van der Waals surface area contributed by atoms with Crippen molar-refractivity contribution in [2.45, 2.75) is 33.4 Å². The predicted molar refractivity (Wildman–Crippen MR) is 118 cm³/mol. The van der Waals surface area contributed by atoms with Gasteiger partial charge in [-0.1, -0.05) is 44.2 Å². The molecule has 6 heteroatoms. The average molecular weight is 467 g/mol. The Morgan fingerprint density at radius 2 is 1.85 bits per heavy atom. The molecule has 2 atom stereocenters. The molecule has 1 aliphatic heterocycles. The second kappa shape index (κ2) is 9.94. The maximum absolute atomic E-state index is 4.48. The van der Waals surface area contributed by atoms with E-state index in [1.807, 2.05) is 24.0 Å². The van der Waals surface area contributed by atoms with Gasteiger partial charge in [-0.15, -0.1) is 24.0 Å². The SMILES string of the molecule is CN=C(NCc1cnn(Cc2ccccc2)c1)N1CC(C)CC(C)C1.I. The van der Waals surface area contributed by atoms with Gasteiger partial charge in [-0.05, 0) is 23.8 Å². The van der Waals surface area contributed by atoms with Crippen molar-refractivity contribution >= 4 is 29.9 Å². The number of nitrogens with one attached hydrogen (secondary N) is 1. The van der Waals surface area contributed by atoms with Gasteiger partial charge in [-0.2, -0.15) is 5.10 Å². The van der Waals surface area contributed by atoms with Crippen molar-refractivity contribution in [2.24, 2.45) is 16.8 Å². The number of halogens is 1. The summed E-state index contributed by atoms with van der Waals surface area (Å²) in [6, 6.07) is 10.4. The number of rotatable bonds is 4. The summed E-state index contributed by atoms with van der Waals surface area (Å²) in [4.78, 5) is 6.86. The number of guanidine groups is 1. The van der Waals surface area contributed by atoms with Gasteiger partial charge in [-0.3, -0.25) is 9.67 Å². The molecule has 0 saturated carbocycles. The highest BCUT2D eigenvalue weighted by molar-refractivity contribution is 14.0. The van der Waals surface area contributed by atoms with Gasteiger partial charge in [0.1, 0.15) is 0 Å². The Morgan fingerprint density at radius 3 is 2.50 bits per heavy atom. The molecule has 1 fully saturated rings. The van der Waals surface area contributed by atoms with Gasteiger partial charge in [-0.25, -0.2) is 0 Å². The minimum absolute atomic E-state index is 0. The van der Waals surface area contributed by atoms with Gasteiger partial charge in [0.25, 0.3) is 0 Å². The zero-order chi connectivity index (χ0) is 17.6. The fourth-order valence-electron chi connectivity index (χ4n) is 3.70. The van der Waals surface area contributed by atoms with E-state index < -0.39 is 0 Å². The van der Waals surface area contributed by atoms with Crippen LogP contribution < -0.4 is 5.32 Å². The highest BCUT2D eigenvalue weighted by Gasteiger charge is 2.23. The van der Waals surface area contributed by atoms with Crippen LogP contribution >= 0.6 is 24.0 Å². The molecule has 0 amide bonds. The lowest BCUT2D eigenvalue weighted by Gasteiger charge is -2.37. The van der Waals surface area contributed by atoms with Crippen LogP contribution in [0.3, 0.4) is 0 Å². The molecule has 1 N–H and O–H groups in total. The largest absolute Gasteiger partial charge is 0.352 e. The number of hydrogen-bond acceptors (Lipinski definition) is 2. The zero-order valence-corrected chi connectivity index (χ0v) is 18.3. The highest BCUT2D eigenvalue weighted by atomic mass is 127. The number of nitrogens with zero attached hydrogens (tertiary/aromatic N) is 4. The van der Waals surface area contributed by atoms with Crippen LogP contribution in [-0.2, 0) is 13.1 Å². The third-order valence-corrected chi connectivity index (χ3v) is 4.70. The molecule has 2 aromatic rings. The number of hydrogen-bond donors (Lipinski definition) is 1. The van der Waals surface area contributed by atoms with E-state index in [2.05, 4.69) is 64.6 Å². The van der Waals surface area contributed by atoms with Crippen LogP contribution in [0.4, 0.5) is 0 Å². The molecule has 26 heavy (non-hydrogen) atoms. The van der Waals surface area contributed by atoms with Crippen molar-refractivity contribution < 1.29 is 0 Å². The first-order valence-corrected chi connectivity index (χ1v) is 9.15. The molecular weight excluding hydrogens is 437 g/mol. The molecule has 3 rings (SSSR count). The minimum Gasteiger partial charge on any atom is -0.352 e. The quantitative estimate of drug-likeness (QED) is 0.425. The Balaban J connectivity index is 0.00000243. The molecule has 2 unspecified atom stereocenters. The first-order valence-electron chi connectivity index (χ1n) is 9.15. The van der Waals surface area contributed by atoms with E-state index in [0.29, 0.717) is 0 Å². The van der Waals surface area contributed by atoms with Crippen LogP contribution in [0.1, 0.15) is 31.4 Å². The van der Waals surface area contributed by atoms with Crippen LogP contribution in [0.25, 0.3) is 0 Å². The normalized spacial score (nSPS) is 20.6. The zero-order valence-electron chi connectivity index (χ0n) is 15.9. The Morgan fingerprint density at radius 1 is 1.15 bits per heavy atom. The smallest absolute Gasteiger partial charge is 0.193 e. The van der Waals surface area contributed by atoms with Crippen molar-refractivity contribution in [1.29, 1.82) is 0 Å². The molecule has 5 nitrogen and oxygen atoms in total. The summed E-state index contributed by atoms with van der Waals surface area (Å²) in [7, 11) is 1.87. The summed E-state index contributed by atoms with van der Waals surface area (Å²) in [5.74, 6) is 2.43. The van der Waals surface area contributed by atoms with E-state index in [1.54, 1.807) is 0 Å². The first-order chi connectivity index (χ1) is 12.1. The maximum atomic E-state index is 4.48. The highest BCUT2D eigenvalue weighted by Crippen LogP contribution is 2.20. The monoisotopic (exact) mass is 467 g/mol. The van der Waals surface area contributed by atoms with Crippen molar-refractivity contribution in [2.75, 3.05) is 20.1 Å². The van der Waals surface area contributed by atoms with Crippen LogP contribution in [0.2, 0.25) is 0 Å². The molecule has 1 aromatic heterocycles. The molecule has 142 valence electrons. The number of aliphatic imine (C=N–C) groups is 1. The van der Waals surface area contributed by atoms with E-state index in [4.69, 9.17) is 0 Å². The number of likely N-dealkylation sites (tertiary alicyclic amines) is 1. The first kappa shape index (κ1) is 20.7. The molecule has 0 spiro atoms. The summed E-state index contributed by atoms with van der Waals surface area (Å²) < 4.78 is 1.99. The van der Waals surface area contributed by atoms with Crippen LogP contribution in [-0.4, -0.2) is 40.8 Å². The number of piperidine rings is 1. The molecule has 2 heterocycles. The predicted octanol–water partition coefficient (Wildman–Crippen LogP) is 3.60. The molecule has 1 saturated heterocycles. The van der Waals surface area contributed by atoms with Gasteiger partial charge >= 0.3 is 0 Å². The van der Waals surface area contributed by atoms with Crippen molar-refractivity contribution in [3.8, 4) is 0 Å². The fourth-order valence-corrected chi connectivity index (χ4v) is 3.70. The Hall–Kier alpha value is -1.57. The van der Waals surface area contributed by atoms with Crippen LogP contribution in [0, 0.1) is 11.8 Å². The van der Waals surface area contributed by atoms with Gasteiger partial charge in [0.2, 0.25) is 0 Å². The Labute approximate surface area is 173 Å². The summed E-state index contributed by atoms with van der Waals surface area (Å²) in [5.41, 5.74) is 2.44. The molecular formula is C20H30IN5. The third kappa shape index (κ3) is 5.72. The average Bonchev–Trinajstić information content (AvgIpc) is 3.03. The lowest BCUT2D eigenvalue weighted by Crippen LogP contribution is -2.48. The summed E-state index contributed by atoms with van der Waals surface area (Å²) >= 11 is 0. The van der Waals surface area contributed by atoms with Crippen LogP contribution in [0.15, 0.2) is 47.7 Å². The van der Waals surface area contributed by atoms with E-state index in [-0.39, 0.29) is 24.0 Å². The topological polar surface area (TPSA) is 45.5 Å². The van der Waals surface area contributed by atoms with Gasteiger partial charge < -0.3 is 10.2 Å². The molecule has 1 aromatic carbocycles. The lowest BCUT2D eigenvalue weighted by molar-refractivity contribution is 0.208. The van der Waals surface area contributed by atoms with Crippen molar-refractivity contribution in [3.05, 3.63) is 53.9 Å². The van der Waals surface area contributed by atoms with E-state index >= 15 is 0 Å². The molecule has 0 bridgehead atoms. The second-order valence-corrected chi connectivity index (χ2v) is 7.28. The maximum Gasteiger partial charge on any atom is 0.193 e. The molecule has 0 radical (unpaired) electrons. The molecule has 0 aliphatic carbocycles. The standard InChI is InChI=1S/C20H29N5.HI/c1-16-9-17(2)13-24(12-16)20(21-3)22-10-19-11-23-25(15-19)14-18-7-5-4-6-8-18;/h4-8,11,15-17H,9-10,12-14H2,1-3H3,(H,21,22);1H. The third-order valence-electron chi connectivity index (χ3n) is 4.70. The number of benzene rings is 1. The second-order valence-electron chi connectivity index (χ2n) is 7.28. The summed E-state index contributed by atoms with van der Waals surface area (Å²) in [6.45, 7) is 8.36. The summed E-state index contributed by atoms with van der Waals surface area (Å²) in [6.07, 6.45) is 5.35. The van der Waals surface area contributed by atoms with E-state index in [0.717, 1.165) is 44.0 Å². The number of aromatic nitrogens is 2. The van der Waals surface area contributed by atoms with Gasteiger partial charge in [0, 0.05) is 38.4 Å². The fraction of sp³-hybridized carbons (Fsp3) is 0.500.